The first-order valence-corrected chi connectivity index (χ1v) is 11.0. The molecule has 20 heavy (non-hydrogen) atoms. The van der Waals surface area contributed by atoms with Crippen molar-refractivity contribution >= 4 is 8.32 Å². The van der Waals surface area contributed by atoms with Crippen LogP contribution in [0.15, 0.2) is 24.3 Å². The predicted molar refractivity (Wildman–Crippen MR) is 83.0 cm³/mol. The maximum absolute atomic E-state index is 9.46. The van der Waals surface area contributed by atoms with Crippen LogP contribution < -0.4 is 0 Å². The van der Waals surface area contributed by atoms with Gasteiger partial charge in [0.15, 0.2) is 8.32 Å². The monoisotopic (exact) mass is 285 g/mol. The first-order valence-electron chi connectivity index (χ1n) is 7.63. The summed E-state index contributed by atoms with van der Waals surface area (Å²) in [5, 5.41) is 9.46. The molecule has 2 aliphatic rings. The Balaban J connectivity index is 2.03. The number of aryl methyl sites for hydroxylation is 1. The third-order valence-corrected chi connectivity index (χ3v) is 5.66. The zero-order chi connectivity index (χ0) is 14.4. The van der Waals surface area contributed by atoms with Crippen molar-refractivity contribution in [2.45, 2.75) is 56.8 Å². The second-order valence-corrected chi connectivity index (χ2v) is 11.7. The van der Waals surface area contributed by atoms with Gasteiger partial charge in [-0.25, -0.2) is 0 Å². The van der Waals surface area contributed by atoms with Crippen molar-refractivity contribution in [3.8, 4) is 6.07 Å². The molecule has 106 valence electrons. The van der Waals surface area contributed by atoms with Crippen molar-refractivity contribution in [1.29, 1.82) is 5.26 Å². The van der Waals surface area contributed by atoms with Crippen LogP contribution in [0.25, 0.3) is 0 Å². The average molecular weight is 285 g/mol. The number of hydrogen-bond donors (Lipinski definition) is 0. The van der Waals surface area contributed by atoms with E-state index in [0.717, 1.165) is 19.3 Å². The molecule has 1 fully saturated rings. The molecule has 0 unspecified atom stereocenters. The molecular formula is C17H23NOSi. The summed E-state index contributed by atoms with van der Waals surface area (Å²) in [4.78, 5) is 0. The van der Waals surface area contributed by atoms with E-state index in [1.807, 2.05) is 0 Å². The topological polar surface area (TPSA) is 33.0 Å². The summed E-state index contributed by atoms with van der Waals surface area (Å²) >= 11 is 0. The number of fused-ring (bicyclic) bond motifs is 3. The van der Waals surface area contributed by atoms with Crippen LogP contribution in [0.5, 0.6) is 0 Å². The molecule has 3 heteroatoms. The van der Waals surface area contributed by atoms with E-state index in [4.69, 9.17) is 4.43 Å². The summed E-state index contributed by atoms with van der Waals surface area (Å²) < 4.78 is 6.62. The summed E-state index contributed by atoms with van der Waals surface area (Å²) in [5.41, 5.74) is 2.75. The molecule has 0 N–H and O–H groups in total. The fraction of sp³-hybridized carbons (Fsp3) is 0.588. The quantitative estimate of drug-likeness (QED) is 0.761. The highest BCUT2D eigenvalue weighted by molar-refractivity contribution is 6.69. The molecule has 2 nitrogen and oxygen atoms in total. The van der Waals surface area contributed by atoms with Crippen LogP contribution in [0.3, 0.4) is 0 Å². The molecule has 1 aromatic rings. The second kappa shape index (κ2) is 4.72. The number of benzene rings is 1. The maximum Gasteiger partial charge on any atom is 0.184 e. The molecule has 0 heterocycles. The van der Waals surface area contributed by atoms with E-state index in [2.05, 4.69) is 50.0 Å². The van der Waals surface area contributed by atoms with Gasteiger partial charge in [-0.2, -0.15) is 5.26 Å². The molecule has 0 radical (unpaired) electrons. The molecule has 0 spiro atoms. The lowest BCUT2D eigenvalue weighted by atomic mass is 9.58. The number of rotatable bonds is 2. The highest BCUT2D eigenvalue weighted by atomic mass is 28.4. The minimum absolute atomic E-state index is 0.0581. The van der Waals surface area contributed by atoms with Crippen LogP contribution in [-0.2, 0) is 10.8 Å². The Labute approximate surface area is 122 Å². The number of nitrogens with zero attached hydrogens (tertiary/aromatic N) is 1. The second-order valence-electron chi connectivity index (χ2n) is 7.25. The largest absolute Gasteiger partial charge is 0.411 e. The van der Waals surface area contributed by atoms with Crippen LogP contribution in [0.2, 0.25) is 19.6 Å². The average Bonchev–Trinajstić information content (AvgIpc) is 2.45. The summed E-state index contributed by atoms with van der Waals surface area (Å²) in [7, 11) is -1.60. The highest BCUT2D eigenvalue weighted by Gasteiger charge is 2.57. The lowest BCUT2D eigenvalue weighted by Gasteiger charge is -2.55. The summed E-state index contributed by atoms with van der Waals surface area (Å²) in [5.74, 6) is 0.420. The molecule has 3 atom stereocenters. The third-order valence-electron chi connectivity index (χ3n) is 4.65. The first-order chi connectivity index (χ1) is 9.45. The van der Waals surface area contributed by atoms with Gasteiger partial charge in [0, 0.05) is 5.92 Å². The van der Waals surface area contributed by atoms with Crippen LogP contribution >= 0.6 is 0 Å². The zero-order valence-corrected chi connectivity index (χ0v) is 13.6. The van der Waals surface area contributed by atoms with Crippen molar-refractivity contribution < 1.29 is 4.43 Å². The fourth-order valence-electron chi connectivity index (χ4n) is 4.11. The van der Waals surface area contributed by atoms with Gasteiger partial charge in [-0.1, -0.05) is 24.3 Å². The summed E-state index contributed by atoms with van der Waals surface area (Å²) in [6, 6.07) is 11.2. The van der Waals surface area contributed by atoms with Crippen molar-refractivity contribution in [1.82, 2.24) is 0 Å². The lowest BCUT2D eigenvalue weighted by molar-refractivity contribution is -0.0714. The van der Waals surface area contributed by atoms with Crippen LogP contribution in [0.1, 0.15) is 36.3 Å². The van der Waals surface area contributed by atoms with E-state index in [1.54, 1.807) is 0 Å². The van der Waals surface area contributed by atoms with E-state index in [-0.39, 0.29) is 17.4 Å². The third kappa shape index (κ3) is 2.21. The van der Waals surface area contributed by atoms with Gasteiger partial charge in [0.25, 0.3) is 0 Å². The molecular weight excluding hydrogens is 262 g/mol. The minimum Gasteiger partial charge on any atom is -0.411 e. The molecule has 1 saturated carbocycles. The van der Waals surface area contributed by atoms with Gasteiger partial charge in [-0.15, -0.1) is 0 Å². The molecule has 0 aliphatic heterocycles. The standard InChI is InChI=1S/C17H23NOSi/c1-20(2,3)19-17-10-6-8-13-7-4-5-9-15(13)16(17)14(11-17)12-18/h4-5,7,9,14,16H,6,8,10-11H2,1-3H3/t14-,16-,17+/m0/s1. The van der Waals surface area contributed by atoms with Gasteiger partial charge in [0.2, 0.25) is 0 Å². The van der Waals surface area contributed by atoms with Crippen LogP contribution in [0, 0.1) is 17.2 Å². The van der Waals surface area contributed by atoms with Gasteiger partial charge in [-0.05, 0) is 56.5 Å². The van der Waals surface area contributed by atoms with E-state index in [1.165, 1.54) is 17.5 Å². The number of hydrogen-bond acceptors (Lipinski definition) is 2. The van der Waals surface area contributed by atoms with Crippen molar-refractivity contribution in [3.63, 3.8) is 0 Å². The highest BCUT2D eigenvalue weighted by Crippen LogP contribution is 2.58. The van der Waals surface area contributed by atoms with Crippen molar-refractivity contribution in [2.24, 2.45) is 5.92 Å². The smallest absolute Gasteiger partial charge is 0.184 e. The van der Waals surface area contributed by atoms with Gasteiger partial charge < -0.3 is 4.43 Å². The zero-order valence-electron chi connectivity index (χ0n) is 12.6. The van der Waals surface area contributed by atoms with Gasteiger partial charge in [-0.3, -0.25) is 0 Å². The summed E-state index contributed by atoms with van der Waals surface area (Å²) in [6.07, 6.45) is 4.33. The molecule has 0 bridgehead atoms. The van der Waals surface area contributed by atoms with E-state index < -0.39 is 8.32 Å². The Bertz CT molecular complexity index is 557. The Morgan fingerprint density at radius 3 is 2.75 bits per heavy atom. The normalized spacial score (nSPS) is 32.3. The summed E-state index contributed by atoms with van der Waals surface area (Å²) in [6.45, 7) is 6.78. The molecule has 0 amide bonds. The van der Waals surface area contributed by atoms with E-state index >= 15 is 0 Å². The Morgan fingerprint density at radius 1 is 1.30 bits per heavy atom. The Kier molecular flexibility index (Phi) is 3.27. The minimum atomic E-state index is -1.60. The van der Waals surface area contributed by atoms with Crippen molar-refractivity contribution in [3.05, 3.63) is 35.4 Å². The maximum atomic E-state index is 9.46. The SMILES string of the molecule is C[Si](C)(C)O[C@@]12CCCc3ccccc3[C@@H]1[C@H](C#N)C2. The van der Waals surface area contributed by atoms with Gasteiger partial charge in [0.1, 0.15) is 0 Å². The van der Waals surface area contributed by atoms with Crippen molar-refractivity contribution in [2.75, 3.05) is 0 Å². The predicted octanol–water partition coefficient (Wildman–Crippen LogP) is 4.24. The lowest BCUT2D eigenvalue weighted by Crippen LogP contribution is -2.57. The van der Waals surface area contributed by atoms with Gasteiger partial charge >= 0.3 is 0 Å². The first kappa shape index (κ1) is 13.9. The fourth-order valence-corrected chi connectivity index (χ4v) is 5.64. The molecule has 2 aliphatic carbocycles. The van der Waals surface area contributed by atoms with Crippen LogP contribution in [0.4, 0.5) is 0 Å². The van der Waals surface area contributed by atoms with Crippen LogP contribution in [-0.4, -0.2) is 13.9 Å². The molecule has 0 aromatic heterocycles. The molecule has 0 saturated heterocycles. The Morgan fingerprint density at radius 2 is 2.05 bits per heavy atom. The van der Waals surface area contributed by atoms with Gasteiger partial charge in [0.05, 0.1) is 17.6 Å². The van der Waals surface area contributed by atoms with E-state index in [0.29, 0.717) is 0 Å². The Hall–Kier alpha value is -1.11. The van der Waals surface area contributed by atoms with E-state index in [9.17, 15) is 5.26 Å². The number of nitriles is 1. The molecule has 1 aromatic carbocycles. The molecule has 3 rings (SSSR count).